The maximum atomic E-state index is 5.41. The number of likely N-dealkylation sites (tertiary alicyclic amines) is 1. The maximum Gasteiger partial charge on any atom is 0.0564 e. The fourth-order valence-corrected chi connectivity index (χ4v) is 2.35. The van der Waals surface area contributed by atoms with Gasteiger partial charge in [-0.3, -0.25) is 15.7 Å². The minimum Gasteiger partial charge on any atom is -0.324 e. The average Bonchev–Trinajstić information content (AvgIpc) is 2.33. The first-order valence-electron chi connectivity index (χ1n) is 6.52. The highest BCUT2D eigenvalue weighted by Crippen LogP contribution is 2.14. The van der Waals surface area contributed by atoms with Crippen LogP contribution in [-0.4, -0.2) is 23.0 Å². The molecule has 0 amide bonds. The van der Waals surface area contributed by atoms with Gasteiger partial charge in [-0.2, -0.15) is 0 Å². The van der Waals surface area contributed by atoms with E-state index in [0.717, 1.165) is 17.9 Å². The molecule has 0 unspecified atom stereocenters. The van der Waals surface area contributed by atoms with Crippen LogP contribution in [0.2, 0.25) is 0 Å². The van der Waals surface area contributed by atoms with Gasteiger partial charge in [0.05, 0.1) is 11.4 Å². The van der Waals surface area contributed by atoms with Gasteiger partial charge < -0.3 is 5.43 Å². The zero-order valence-corrected chi connectivity index (χ0v) is 10.4. The highest BCUT2D eigenvalue weighted by molar-refractivity contribution is 5.41. The van der Waals surface area contributed by atoms with Crippen LogP contribution in [0.25, 0.3) is 0 Å². The van der Waals surface area contributed by atoms with Crippen molar-refractivity contribution in [1.29, 1.82) is 0 Å². The van der Waals surface area contributed by atoms with Crippen molar-refractivity contribution in [2.24, 2.45) is 5.84 Å². The Labute approximate surface area is 103 Å². The Hall–Kier alpha value is -1.13. The number of hydrogen-bond acceptors (Lipinski definition) is 4. The third-order valence-corrected chi connectivity index (χ3v) is 3.32. The van der Waals surface area contributed by atoms with Gasteiger partial charge in [0, 0.05) is 12.7 Å². The topological polar surface area (TPSA) is 54.2 Å². The van der Waals surface area contributed by atoms with Gasteiger partial charge >= 0.3 is 0 Å². The normalized spacial score (nSPS) is 18.4. The molecule has 1 fully saturated rings. The largest absolute Gasteiger partial charge is 0.324 e. The molecule has 17 heavy (non-hydrogen) atoms. The summed E-state index contributed by atoms with van der Waals surface area (Å²) in [6.07, 6.45) is 8.58. The quantitative estimate of drug-likeness (QED) is 0.621. The molecule has 1 aliphatic heterocycles. The lowest BCUT2D eigenvalue weighted by Gasteiger charge is -2.24. The summed E-state index contributed by atoms with van der Waals surface area (Å²) in [6.45, 7) is 3.33. The molecule has 0 aromatic carbocycles. The minimum absolute atomic E-state index is 0.932. The standard InChI is InChI=1S/C13H22N4/c14-16-12-6-7-15-13(10-12)11-17-8-4-2-1-3-5-9-17/h6-7,10H,1-5,8-9,11,14H2,(H,15,16). The number of aromatic nitrogens is 1. The molecule has 4 heteroatoms. The van der Waals surface area contributed by atoms with Crippen molar-refractivity contribution in [3.63, 3.8) is 0 Å². The minimum atomic E-state index is 0.932. The van der Waals surface area contributed by atoms with Crippen molar-refractivity contribution in [2.75, 3.05) is 18.5 Å². The van der Waals surface area contributed by atoms with E-state index in [9.17, 15) is 0 Å². The molecule has 1 aliphatic rings. The summed E-state index contributed by atoms with van der Waals surface area (Å²) in [5.74, 6) is 5.41. The zero-order valence-electron chi connectivity index (χ0n) is 10.4. The Balaban J connectivity index is 1.93. The van der Waals surface area contributed by atoms with Gasteiger partial charge in [-0.25, -0.2) is 0 Å². The first-order valence-corrected chi connectivity index (χ1v) is 6.52. The molecule has 1 aromatic rings. The van der Waals surface area contributed by atoms with Crippen molar-refractivity contribution < 1.29 is 0 Å². The summed E-state index contributed by atoms with van der Waals surface area (Å²) in [4.78, 5) is 6.90. The lowest BCUT2D eigenvalue weighted by atomic mass is 10.1. The smallest absolute Gasteiger partial charge is 0.0564 e. The number of nitrogens with one attached hydrogen (secondary N) is 1. The second kappa shape index (κ2) is 6.57. The molecule has 2 heterocycles. The fraction of sp³-hybridized carbons (Fsp3) is 0.615. The lowest BCUT2D eigenvalue weighted by molar-refractivity contribution is 0.237. The highest BCUT2D eigenvalue weighted by Gasteiger charge is 2.09. The van der Waals surface area contributed by atoms with E-state index in [1.807, 2.05) is 18.3 Å². The predicted molar refractivity (Wildman–Crippen MR) is 70.4 cm³/mol. The summed E-state index contributed by atoms with van der Waals surface area (Å²) in [7, 11) is 0. The van der Waals surface area contributed by atoms with Gasteiger partial charge in [0.1, 0.15) is 0 Å². The summed E-state index contributed by atoms with van der Waals surface area (Å²) in [6, 6.07) is 3.91. The zero-order chi connectivity index (χ0) is 11.9. The van der Waals surface area contributed by atoms with Crippen molar-refractivity contribution in [3.05, 3.63) is 24.0 Å². The van der Waals surface area contributed by atoms with Crippen LogP contribution in [0.1, 0.15) is 37.8 Å². The maximum absolute atomic E-state index is 5.41. The van der Waals surface area contributed by atoms with Gasteiger partial charge in [0.15, 0.2) is 0 Å². The molecule has 4 nitrogen and oxygen atoms in total. The Kier molecular flexibility index (Phi) is 4.76. The second-order valence-electron chi connectivity index (χ2n) is 4.72. The highest BCUT2D eigenvalue weighted by atomic mass is 15.2. The molecular weight excluding hydrogens is 212 g/mol. The van der Waals surface area contributed by atoms with Gasteiger partial charge in [-0.05, 0) is 38.1 Å². The third kappa shape index (κ3) is 3.98. The van der Waals surface area contributed by atoms with Crippen molar-refractivity contribution in [2.45, 2.75) is 38.6 Å². The monoisotopic (exact) mass is 234 g/mol. The Morgan fingerprint density at radius 1 is 1.18 bits per heavy atom. The van der Waals surface area contributed by atoms with Crippen LogP contribution < -0.4 is 11.3 Å². The van der Waals surface area contributed by atoms with E-state index >= 15 is 0 Å². The van der Waals surface area contributed by atoms with Crippen molar-refractivity contribution in [1.82, 2.24) is 9.88 Å². The van der Waals surface area contributed by atoms with E-state index in [0.29, 0.717) is 0 Å². The Bertz CT molecular complexity index is 332. The molecule has 0 atom stereocenters. The number of anilines is 1. The van der Waals surface area contributed by atoms with Gasteiger partial charge in [0.2, 0.25) is 0 Å². The third-order valence-electron chi connectivity index (χ3n) is 3.32. The Morgan fingerprint density at radius 3 is 2.59 bits per heavy atom. The van der Waals surface area contributed by atoms with Crippen LogP contribution >= 0.6 is 0 Å². The number of pyridine rings is 1. The van der Waals surface area contributed by atoms with Crippen molar-refractivity contribution >= 4 is 5.69 Å². The summed E-state index contributed by atoms with van der Waals surface area (Å²) in [5, 5.41) is 0. The van der Waals surface area contributed by atoms with E-state index in [1.165, 1.54) is 45.2 Å². The Morgan fingerprint density at radius 2 is 1.88 bits per heavy atom. The van der Waals surface area contributed by atoms with Crippen LogP contribution in [0, 0.1) is 0 Å². The number of nitrogens with two attached hydrogens (primary N) is 1. The average molecular weight is 234 g/mol. The molecule has 2 rings (SSSR count). The lowest BCUT2D eigenvalue weighted by Crippen LogP contribution is -2.27. The van der Waals surface area contributed by atoms with E-state index in [4.69, 9.17) is 5.84 Å². The summed E-state index contributed by atoms with van der Waals surface area (Å²) < 4.78 is 0. The summed E-state index contributed by atoms with van der Waals surface area (Å²) >= 11 is 0. The van der Waals surface area contributed by atoms with E-state index in [-0.39, 0.29) is 0 Å². The molecule has 94 valence electrons. The summed E-state index contributed by atoms with van der Waals surface area (Å²) in [5.41, 5.74) is 4.70. The number of nitrogens with zero attached hydrogens (tertiary/aromatic N) is 2. The molecule has 1 aromatic heterocycles. The first kappa shape index (κ1) is 12.3. The van der Waals surface area contributed by atoms with Crippen LogP contribution in [0.4, 0.5) is 5.69 Å². The van der Waals surface area contributed by atoms with E-state index in [1.54, 1.807) is 0 Å². The molecular formula is C13H22N4. The molecule has 0 saturated carbocycles. The van der Waals surface area contributed by atoms with Gasteiger partial charge in [-0.1, -0.05) is 19.3 Å². The van der Waals surface area contributed by atoms with Gasteiger partial charge in [0.25, 0.3) is 0 Å². The van der Waals surface area contributed by atoms with Crippen LogP contribution in [-0.2, 0) is 6.54 Å². The van der Waals surface area contributed by atoms with Crippen molar-refractivity contribution in [3.8, 4) is 0 Å². The molecule has 0 bridgehead atoms. The predicted octanol–water partition coefficient (Wildman–Crippen LogP) is 2.13. The molecule has 0 aliphatic carbocycles. The SMILES string of the molecule is NNc1ccnc(CN2CCCCCCC2)c1. The first-order chi connectivity index (χ1) is 8.38. The van der Waals surface area contributed by atoms with E-state index in [2.05, 4.69) is 15.3 Å². The second-order valence-corrected chi connectivity index (χ2v) is 4.72. The van der Waals surface area contributed by atoms with Gasteiger partial charge in [-0.15, -0.1) is 0 Å². The fourth-order valence-electron chi connectivity index (χ4n) is 2.35. The van der Waals surface area contributed by atoms with E-state index < -0.39 is 0 Å². The number of nitrogen functional groups attached to an aromatic ring is 1. The number of hydrogen-bond donors (Lipinski definition) is 2. The molecule has 0 spiro atoms. The van der Waals surface area contributed by atoms with Crippen LogP contribution in [0.3, 0.4) is 0 Å². The van der Waals surface area contributed by atoms with Crippen LogP contribution in [0.15, 0.2) is 18.3 Å². The number of rotatable bonds is 3. The molecule has 0 radical (unpaired) electrons. The number of hydrazine groups is 1. The molecule has 1 saturated heterocycles. The molecule has 3 N–H and O–H groups in total. The van der Waals surface area contributed by atoms with Crippen LogP contribution in [0.5, 0.6) is 0 Å².